The summed E-state index contributed by atoms with van der Waals surface area (Å²) in [6.45, 7) is 1.38. The van der Waals surface area contributed by atoms with Gasteiger partial charge in [-0.05, 0) is 56.7 Å². The highest BCUT2D eigenvalue weighted by atomic mass is 19.1. The minimum Gasteiger partial charge on any atom is -0.393 e. The van der Waals surface area contributed by atoms with Crippen LogP contribution in [0, 0.1) is 12.2 Å². The number of hydrogen-bond acceptors (Lipinski definition) is 4. The number of carbonyl (C=O) groups excluding carboxylic acids is 1. The summed E-state index contributed by atoms with van der Waals surface area (Å²) in [5, 5.41) is 20.4. The number of carbonyl (C=O) groups is 1. The predicted molar refractivity (Wildman–Crippen MR) is 95.4 cm³/mol. The first-order valence-electron chi connectivity index (χ1n) is 8.55. The molecule has 1 heterocycles. The molecule has 7 heteroatoms. The first kappa shape index (κ1) is 20.1. The fourth-order valence-corrected chi connectivity index (χ4v) is 2.77. The van der Waals surface area contributed by atoms with Crippen LogP contribution in [0.5, 0.6) is 0 Å². The number of amides is 1. The molecule has 0 fully saturated rings. The molecule has 3 atom stereocenters. The maximum Gasteiger partial charge on any atom is 0.249 e. The number of primary amides is 1. The summed E-state index contributed by atoms with van der Waals surface area (Å²) in [7, 11) is 0. The van der Waals surface area contributed by atoms with Crippen molar-refractivity contribution in [3.05, 3.63) is 60.3 Å². The number of aliphatic hydroxyl groups excluding tert-OH is 1. The van der Waals surface area contributed by atoms with Crippen molar-refractivity contribution in [1.29, 1.82) is 0 Å². The maximum atomic E-state index is 13.2. The van der Waals surface area contributed by atoms with Crippen LogP contribution in [0.4, 0.5) is 4.39 Å². The lowest BCUT2D eigenvalue weighted by Gasteiger charge is -2.24. The van der Waals surface area contributed by atoms with Crippen molar-refractivity contribution in [1.82, 2.24) is 9.97 Å². The van der Waals surface area contributed by atoms with Crippen molar-refractivity contribution in [2.24, 2.45) is 5.73 Å². The van der Waals surface area contributed by atoms with Gasteiger partial charge in [0.05, 0.1) is 6.10 Å². The third kappa shape index (κ3) is 5.93. The highest BCUT2D eigenvalue weighted by Gasteiger charge is 2.30. The Bertz CT molecular complexity index is 704. The van der Waals surface area contributed by atoms with Crippen molar-refractivity contribution in [2.75, 3.05) is 0 Å². The molecule has 0 bridgehead atoms. The normalized spacial score (nSPS) is 16.0. The predicted octanol–water partition coefficient (Wildman–Crippen LogP) is 1.85. The zero-order chi connectivity index (χ0) is 19.2. The van der Waals surface area contributed by atoms with E-state index < -0.39 is 17.6 Å². The molecular weight excluding hydrogens is 337 g/mol. The maximum absolute atomic E-state index is 13.2. The number of benzene rings is 1. The van der Waals surface area contributed by atoms with Gasteiger partial charge in [0, 0.05) is 18.3 Å². The van der Waals surface area contributed by atoms with Crippen LogP contribution in [0.15, 0.2) is 36.7 Å². The van der Waals surface area contributed by atoms with Crippen LogP contribution in [-0.2, 0) is 11.2 Å². The SMILES string of the molecule is CC(O)(CCC(CC(O)[CH]Cc1cccc(F)c1)c1ncc[nH]1)C(N)=O. The van der Waals surface area contributed by atoms with Crippen LogP contribution in [0.25, 0.3) is 0 Å². The van der Waals surface area contributed by atoms with Gasteiger partial charge in [-0.3, -0.25) is 4.79 Å². The van der Waals surface area contributed by atoms with Gasteiger partial charge >= 0.3 is 0 Å². The molecule has 26 heavy (non-hydrogen) atoms. The van der Waals surface area contributed by atoms with Gasteiger partial charge in [-0.1, -0.05) is 12.1 Å². The summed E-state index contributed by atoms with van der Waals surface area (Å²) >= 11 is 0. The minimum absolute atomic E-state index is 0.157. The Kier molecular flexibility index (Phi) is 6.88. The van der Waals surface area contributed by atoms with Gasteiger partial charge in [0.15, 0.2) is 0 Å². The average molecular weight is 362 g/mol. The Morgan fingerprint density at radius 1 is 1.50 bits per heavy atom. The fraction of sp³-hybridized carbons (Fsp3) is 0.421. The summed E-state index contributed by atoms with van der Waals surface area (Å²) in [4.78, 5) is 18.5. The molecular formula is C19H25FN3O3. The van der Waals surface area contributed by atoms with Gasteiger partial charge in [0.25, 0.3) is 0 Å². The van der Waals surface area contributed by atoms with E-state index in [0.717, 1.165) is 5.56 Å². The van der Waals surface area contributed by atoms with E-state index in [1.165, 1.54) is 19.1 Å². The van der Waals surface area contributed by atoms with E-state index in [0.29, 0.717) is 25.1 Å². The number of aromatic amines is 1. The number of nitrogens with one attached hydrogen (secondary N) is 1. The number of halogens is 1. The summed E-state index contributed by atoms with van der Waals surface area (Å²) in [5.41, 5.74) is 4.37. The van der Waals surface area contributed by atoms with E-state index in [1.807, 2.05) is 0 Å². The standard InChI is InChI=1S/C19H25FN3O3/c1-19(26,18(21)25)8-7-14(17-22-9-10-23-17)12-16(24)6-5-13-3-2-4-15(20)11-13/h2-4,6,9-11,14,16,24,26H,5,7-8,12H2,1H3,(H2,21,25)(H,22,23). The Morgan fingerprint density at radius 2 is 2.27 bits per heavy atom. The molecule has 1 radical (unpaired) electrons. The third-order valence-corrected chi connectivity index (χ3v) is 4.46. The zero-order valence-electron chi connectivity index (χ0n) is 14.7. The molecule has 0 saturated heterocycles. The van der Waals surface area contributed by atoms with Gasteiger partial charge in [-0.2, -0.15) is 0 Å². The van der Waals surface area contributed by atoms with Crippen molar-refractivity contribution in [3.8, 4) is 0 Å². The average Bonchev–Trinajstić information content (AvgIpc) is 3.11. The highest BCUT2D eigenvalue weighted by molar-refractivity contribution is 5.82. The molecule has 2 rings (SSSR count). The number of nitrogens with two attached hydrogens (primary N) is 1. The Labute approximate surface area is 152 Å². The molecule has 0 spiro atoms. The monoisotopic (exact) mass is 362 g/mol. The van der Waals surface area contributed by atoms with Crippen LogP contribution in [0.3, 0.4) is 0 Å². The molecule has 0 aliphatic rings. The zero-order valence-corrected chi connectivity index (χ0v) is 14.7. The smallest absolute Gasteiger partial charge is 0.249 e. The van der Waals surface area contributed by atoms with Gasteiger partial charge in [-0.25, -0.2) is 9.37 Å². The van der Waals surface area contributed by atoms with E-state index in [2.05, 4.69) is 9.97 Å². The number of nitrogens with zero attached hydrogens (tertiary/aromatic N) is 1. The quantitative estimate of drug-likeness (QED) is 0.517. The molecule has 0 aliphatic carbocycles. The minimum atomic E-state index is -1.61. The van der Waals surface area contributed by atoms with Gasteiger partial charge in [0.1, 0.15) is 17.2 Å². The van der Waals surface area contributed by atoms with Crippen molar-refractivity contribution >= 4 is 5.91 Å². The number of aromatic nitrogens is 2. The van der Waals surface area contributed by atoms with Gasteiger partial charge in [-0.15, -0.1) is 0 Å². The molecule has 1 aromatic heterocycles. The third-order valence-electron chi connectivity index (χ3n) is 4.46. The van der Waals surface area contributed by atoms with Crippen LogP contribution < -0.4 is 5.73 Å². The van der Waals surface area contributed by atoms with Crippen LogP contribution in [-0.4, -0.2) is 37.8 Å². The number of aliphatic hydroxyl groups is 2. The molecule has 5 N–H and O–H groups in total. The van der Waals surface area contributed by atoms with Gasteiger partial charge in [0.2, 0.25) is 5.91 Å². The topological polar surface area (TPSA) is 112 Å². The largest absolute Gasteiger partial charge is 0.393 e. The molecule has 0 aliphatic heterocycles. The molecule has 1 amide bonds. The number of rotatable bonds is 10. The first-order valence-corrected chi connectivity index (χ1v) is 8.55. The Morgan fingerprint density at radius 3 is 2.88 bits per heavy atom. The number of imidazole rings is 1. The van der Waals surface area contributed by atoms with Crippen molar-refractivity contribution in [2.45, 2.75) is 50.2 Å². The summed E-state index contributed by atoms with van der Waals surface area (Å²) < 4.78 is 13.2. The number of H-pyrrole nitrogens is 1. The van der Waals surface area contributed by atoms with E-state index in [9.17, 15) is 19.4 Å². The van der Waals surface area contributed by atoms with E-state index >= 15 is 0 Å². The summed E-state index contributed by atoms with van der Waals surface area (Å²) in [5.74, 6) is -0.612. The van der Waals surface area contributed by atoms with E-state index in [4.69, 9.17) is 5.73 Å². The molecule has 3 unspecified atom stereocenters. The van der Waals surface area contributed by atoms with Crippen LogP contribution >= 0.6 is 0 Å². The second kappa shape index (κ2) is 8.91. The molecule has 0 saturated carbocycles. The molecule has 1 aromatic carbocycles. The van der Waals surface area contributed by atoms with Gasteiger partial charge < -0.3 is 20.9 Å². The van der Waals surface area contributed by atoms with E-state index in [1.54, 1.807) is 30.9 Å². The Balaban J connectivity index is 1.94. The summed E-state index contributed by atoms with van der Waals surface area (Å²) in [6.07, 6.45) is 5.62. The molecule has 6 nitrogen and oxygen atoms in total. The second-order valence-electron chi connectivity index (χ2n) is 6.72. The molecule has 2 aromatic rings. The lowest BCUT2D eigenvalue weighted by Crippen LogP contribution is -2.41. The second-order valence-corrected chi connectivity index (χ2v) is 6.72. The highest BCUT2D eigenvalue weighted by Crippen LogP contribution is 2.28. The van der Waals surface area contributed by atoms with Crippen LogP contribution in [0.2, 0.25) is 0 Å². The lowest BCUT2D eigenvalue weighted by molar-refractivity contribution is -0.135. The van der Waals surface area contributed by atoms with Crippen molar-refractivity contribution in [3.63, 3.8) is 0 Å². The first-order chi connectivity index (χ1) is 12.3. The fourth-order valence-electron chi connectivity index (χ4n) is 2.77. The van der Waals surface area contributed by atoms with Crippen LogP contribution in [0.1, 0.15) is 43.5 Å². The summed E-state index contributed by atoms with van der Waals surface area (Å²) in [6, 6.07) is 6.22. The lowest BCUT2D eigenvalue weighted by atomic mass is 9.88. The molecule has 141 valence electrons. The Hall–Kier alpha value is -2.25. The number of hydrogen-bond donors (Lipinski definition) is 4. The van der Waals surface area contributed by atoms with E-state index in [-0.39, 0.29) is 18.2 Å². The van der Waals surface area contributed by atoms with Crippen molar-refractivity contribution < 1.29 is 19.4 Å².